The second-order valence-corrected chi connectivity index (χ2v) is 7.16. The molecule has 0 aliphatic heterocycles. The number of ether oxygens (including phenoxy) is 2. The van der Waals surface area contributed by atoms with Crippen molar-refractivity contribution in [2.45, 2.75) is 34.2 Å². The molecule has 0 saturated heterocycles. The van der Waals surface area contributed by atoms with Gasteiger partial charge in [-0.05, 0) is 56.5 Å². The van der Waals surface area contributed by atoms with E-state index in [0.29, 0.717) is 22.0 Å². The summed E-state index contributed by atoms with van der Waals surface area (Å²) >= 11 is 1.07. The highest BCUT2D eigenvalue weighted by atomic mass is 32.1. The molecular weight excluding hydrogens is 380 g/mol. The minimum atomic E-state index is -0.565. The fourth-order valence-electron chi connectivity index (χ4n) is 2.70. The van der Waals surface area contributed by atoms with Crippen molar-refractivity contribution in [1.82, 2.24) is 5.32 Å². The van der Waals surface area contributed by atoms with Crippen LogP contribution in [-0.4, -0.2) is 31.5 Å². The number of amides is 2. The molecule has 2 rings (SSSR count). The zero-order valence-corrected chi connectivity index (χ0v) is 17.4. The molecule has 7 nitrogen and oxygen atoms in total. The number of ketones is 1. The highest BCUT2D eigenvalue weighted by Crippen LogP contribution is 2.34. The van der Waals surface area contributed by atoms with Crippen molar-refractivity contribution in [3.8, 4) is 5.75 Å². The zero-order chi connectivity index (χ0) is 20.8. The van der Waals surface area contributed by atoms with Crippen molar-refractivity contribution in [2.75, 3.05) is 19.0 Å². The first-order valence-electron chi connectivity index (χ1n) is 8.78. The number of thiophene rings is 1. The van der Waals surface area contributed by atoms with Crippen molar-refractivity contribution < 1.29 is 23.9 Å². The molecule has 2 amide bonds. The molecule has 2 N–H and O–H groups in total. The van der Waals surface area contributed by atoms with Gasteiger partial charge in [-0.3, -0.25) is 10.1 Å². The molecule has 0 aliphatic carbocycles. The standard InChI is InChI=1S/C20H24N2O5S/c1-6-27-19(24)16-12(3)17(13(4)23)28-18(16)22-20(25)21-10-14-7-8-15(26-5)9-11(14)2/h7-9H,6,10H2,1-5H3,(H2,21,22,25). The van der Waals surface area contributed by atoms with E-state index in [-0.39, 0.29) is 18.0 Å². The summed E-state index contributed by atoms with van der Waals surface area (Å²) in [6.45, 7) is 7.22. The molecule has 1 aromatic carbocycles. The Hall–Kier alpha value is -2.87. The molecule has 1 aromatic heterocycles. The lowest BCUT2D eigenvalue weighted by Crippen LogP contribution is -2.28. The van der Waals surface area contributed by atoms with Crippen LogP contribution in [0.2, 0.25) is 0 Å². The van der Waals surface area contributed by atoms with E-state index >= 15 is 0 Å². The Morgan fingerprint density at radius 1 is 1.18 bits per heavy atom. The summed E-state index contributed by atoms with van der Waals surface area (Å²) < 4.78 is 10.2. The first-order chi connectivity index (χ1) is 13.3. The largest absolute Gasteiger partial charge is 0.497 e. The van der Waals surface area contributed by atoms with E-state index in [1.54, 1.807) is 21.0 Å². The number of urea groups is 1. The van der Waals surface area contributed by atoms with Crippen molar-refractivity contribution >= 4 is 34.1 Å². The molecule has 0 atom stereocenters. The van der Waals surface area contributed by atoms with Crippen LogP contribution in [0.15, 0.2) is 18.2 Å². The average molecular weight is 404 g/mol. The smallest absolute Gasteiger partial charge is 0.341 e. The SMILES string of the molecule is CCOC(=O)c1c(NC(=O)NCc2ccc(OC)cc2C)sc(C(C)=O)c1C. The second-order valence-electron chi connectivity index (χ2n) is 6.14. The van der Waals surface area contributed by atoms with Gasteiger partial charge in [-0.1, -0.05) is 6.07 Å². The maximum atomic E-state index is 12.4. The number of Topliss-reactive ketones (excluding diaryl/α,β-unsaturated/α-hetero) is 1. The van der Waals surface area contributed by atoms with Gasteiger partial charge in [0.15, 0.2) is 5.78 Å². The fourth-order valence-corrected chi connectivity index (χ4v) is 3.79. The minimum absolute atomic E-state index is 0.171. The number of carbonyl (C=O) groups is 3. The number of hydrogen-bond donors (Lipinski definition) is 2. The van der Waals surface area contributed by atoms with Crippen LogP contribution in [0.25, 0.3) is 0 Å². The van der Waals surface area contributed by atoms with Gasteiger partial charge in [-0.15, -0.1) is 11.3 Å². The number of hydrogen-bond acceptors (Lipinski definition) is 6. The number of carbonyl (C=O) groups excluding carboxylic acids is 3. The van der Waals surface area contributed by atoms with Crippen LogP contribution in [0.3, 0.4) is 0 Å². The van der Waals surface area contributed by atoms with Crippen LogP contribution in [0.4, 0.5) is 9.80 Å². The minimum Gasteiger partial charge on any atom is -0.497 e. The summed E-state index contributed by atoms with van der Waals surface area (Å²) in [5.41, 5.74) is 2.65. The van der Waals surface area contributed by atoms with Gasteiger partial charge in [-0.2, -0.15) is 0 Å². The molecule has 0 saturated carbocycles. The van der Waals surface area contributed by atoms with Gasteiger partial charge >= 0.3 is 12.0 Å². The molecule has 8 heteroatoms. The summed E-state index contributed by atoms with van der Waals surface area (Å²) in [7, 11) is 1.60. The van der Waals surface area contributed by atoms with Crippen molar-refractivity contribution in [3.05, 3.63) is 45.3 Å². The first kappa shape index (κ1) is 21.4. The number of rotatable bonds is 7. The van der Waals surface area contributed by atoms with Gasteiger partial charge in [0, 0.05) is 6.54 Å². The Kier molecular flexibility index (Phi) is 7.17. The van der Waals surface area contributed by atoms with Crippen molar-refractivity contribution in [2.24, 2.45) is 0 Å². The number of esters is 1. The fraction of sp³-hybridized carbons (Fsp3) is 0.350. The molecule has 2 aromatic rings. The molecule has 28 heavy (non-hydrogen) atoms. The summed E-state index contributed by atoms with van der Waals surface area (Å²) in [6, 6.07) is 5.11. The van der Waals surface area contributed by atoms with Crippen LogP contribution < -0.4 is 15.4 Å². The van der Waals surface area contributed by atoms with Gasteiger partial charge in [0.25, 0.3) is 0 Å². The molecule has 0 radical (unpaired) electrons. The third-order valence-electron chi connectivity index (χ3n) is 4.16. The van der Waals surface area contributed by atoms with E-state index in [9.17, 15) is 14.4 Å². The third kappa shape index (κ3) is 4.89. The van der Waals surface area contributed by atoms with E-state index in [2.05, 4.69) is 10.6 Å². The predicted octanol–water partition coefficient (Wildman–Crippen LogP) is 4.07. The maximum absolute atomic E-state index is 12.4. The van der Waals surface area contributed by atoms with Crippen LogP contribution in [-0.2, 0) is 11.3 Å². The topological polar surface area (TPSA) is 93.7 Å². The van der Waals surface area contributed by atoms with Gasteiger partial charge in [0.2, 0.25) is 0 Å². The van der Waals surface area contributed by atoms with E-state index in [1.807, 2.05) is 25.1 Å². The molecule has 150 valence electrons. The molecule has 0 bridgehead atoms. The van der Waals surface area contributed by atoms with Gasteiger partial charge < -0.3 is 14.8 Å². The Labute approximate surface area is 168 Å². The second kappa shape index (κ2) is 9.36. The molecule has 0 spiro atoms. The van der Waals surface area contributed by atoms with Crippen LogP contribution in [0.1, 0.15) is 50.6 Å². The van der Waals surface area contributed by atoms with Gasteiger partial charge in [0.1, 0.15) is 10.8 Å². The average Bonchev–Trinajstić information content (AvgIpc) is 2.97. The first-order valence-corrected chi connectivity index (χ1v) is 9.59. The maximum Gasteiger partial charge on any atom is 0.341 e. The van der Waals surface area contributed by atoms with E-state index in [4.69, 9.17) is 9.47 Å². The Balaban J connectivity index is 2.15. The number of anilines is 1. The van der Waals surface area contributed by atoms with E-state index < -0.39 is 12.0 Å². The summed E-state index contributed by atoms with van der Waals surface area (Å²) in [4.78, 5) is 36.9. The van der Waals surface area contributed by atoms with Crippen LogP contribution in [0.5, 0.6) is 5.75 Å². The summed E-state index contributed by atoms with van der Waals surface area (Å²) in [6.07, 6.45) is 0. The molecule has 0 aliphatic rings. The van der Waals surface area contributed by atoms with Crippen molar-refractivity contribution in [3.63, 3.8) is 0 Å². The predicted molar refractivity (Wildman–Crippen MR) is 109 cm³/mol. The highest BCUT2D eigenvalue weighted by Gasteiger charge is 2.25. The molecule has 1 heterocycles. The van der Waals surface area contributed by atoms with Crippen LogP contribution >= 0.6 is 11.3 Å². The van der Waals surface area contributed by atoms with Crippen molar-refractivity contribution in [1.29, 1.82) is 0 Å². The van der Waals surface area contributed by atoms with E-state index in [1.165, 1.54) is 6.92 Å². The number of methoxy groups -OCH3 is 1. The Morgan fingerprint density at radius 3 is 2.46 bits per heavy atom. The highest BCUT2D eigenvalue weighted by molar-refractivity contribution is 7.18. The van der Waals surface area contributed by atoms with Crippen LogP contribution in [0, 0.1) is 13.8 Å². The molecular formula is C20H24N2O5S. The summed E-state index contributed by atoms with van der Waals surface area (Å²) in [5, 5.41) is 5.73. The van der Waals surface area contributed by atoms with Gasteiger partial charge in [0.05, 0.1) is 24.2 Å². The Morgan fingerprint density at radius 2 is 1.89 bits per heavy atom. The van der Waals surface area contributed by atoms with Gasteiger partial charge in [-0.25, -0.2) is 9.59 Å². The quantitative estimate of drug-likeness (QED) is 0.536. The number of nitrogens with one attached hydrogen (secondary N) is 2. The third-order valence-corrected chi connectivity index (χ3v) is 5.47. The van der Waals surface area contributed by atoms with E-state index in [0.717, 1.165) is 28.2 Å². The monoisotopic (exact) mass is 404 g/mol. The number of aryl methyl sites for hydroxylation is 1. The zero-order valence-electron chi connectivity index (χ0n) is 16.6. The molecule has 0 fully saturated rings. The Bertz CT molecular complexity index is 904. The lowest BCUT2D eigenvalue weighted by Gasteiger charge is -2.11. The lowest BCUT2D eigenvalue weighted by atomic mass is 10.1. The molecule has 0 unspecified atom stereocenters. The number of benzene rings is 1. The normalized spacial score (nSPS) is 10.3. The lowest BCUT2D eigenvalue weighted by molar-refractivity contribution is 0.0527. The summed E-state index contributed by atoms with van der Waals surface area (Å²) in [5.74, 6) is 0.0102.